The molecule has 0 unspecified atom stereocenters. The molecule has 0 spiro atoms. The van der Waals surface area contributed by atoms with Crippen molar-refractivity contribution in [2.45, 2.75) is 6.92 Å². The van der Waals surface area contributed by atoms with E-state index < -0.39 is 0 Å². The lowest BCUT2D eigenvalue weighted by Gasteiger charge is -2.07. The van der Waals surface area contributed by atoms with Gasteiger partial charge in [0.05, 0.1) is 21.7 Å². The van der Waals surface area contributed by atoms with Crippen LogP contribution in [-0.2, 0) is 4.79 Å². The Morgan fingerprint density at radius 2 is 2.00 bits per heavy atom. The SMILES string of the molecule is Cc1cccc(NCC(=O)N/N=C/c2c(Br)cc(Br)c(O)c2Br)c1. The van der Waals surface area contributed by atoms with Crippen LogP contribution in [0.25, 0.3) is 0 Å². The molecule has 0 aliphatic carbocycles. The van der Waals surface area contributed by atoms with E-state index in [2.05, 4.69) is 63.6 Å². The Balaban J connectivity index is 1.94. The predicted molar refractivity (Wildman–Crippen MR) is 107 cm³/mol. The lowest BCUT2D eigenvalue weighted by Crippen LogP contribution is -2.25. The smallest absolute Gasteiger partial charge is 0.259 e. The van der Waals surface area contributed by atoms with Crippen LogP contribution in [-0.4, -0.2) is 23.8 Å². The fourth-order valence-electron chi connectivity index (χ4n) is 1.86. The predicted octanol–water partition coefficient (Wildman–Crippen LogP) is 4.55. The van der Waals surface area contributed by atoms with E-state index in [1.54, 1.807) is 6.07 Å². The molecule has 0 saturated heterocycles. The van der Waals surface area contributed by atoms with Crippen LogP contribution in [0, 0.1) is 6.92 Å². The molecule has 0 bridgehead atoms. The first-order chi connectivity index (χ1) is 11.4. The van der Waals surface area contributed by atoms with Crippen molar-refractivity contribution < 1.29 is 9.90 Å². The number of aryl methyl sites for hydroxylation is 1. The Morgan fingerprint density at radius 1 is 1.25 bits per heavy atom. The molecule has 0 aliphatic rings. The van der Waals surface area contributed by atoms with Gasteiger partial charge in [-0.25, -0.2) is 5.43 Å². The summed E-state index contributed by atoms with van der Waals surface area (Å²) in [6.07, 6.45) is 1.45. The molecule has 0 fully saturated rings. The standard InChI is InChI=1S/C16H14Br3N3O2/c1-9-3-2-4-10(5-9)20-8-14(23)22-21-7-11-12(17)6-13(18)16(24)15(11)19/h2-7,20,24H,8H2,1H3,(H,22,23)/b21-7+. The minimum absolute atomic E-state index is 0.0621. The first-order valence-electron chi connectivity index (χ1n) is 6.87. The Labute approximate surface area is 164 Å². The van der Waals surface area contributed by atoms with Crippen LogP contribution in [0.3, 0.4) is 0 Å². The number of hydrogen-bond acceptors (Lipinski definition) is 4. The maximum absolute atomic E-state index is 11.8. The third kappa shape index (κ3) is 5.06. The maximum atomic E-state index is 11.8. The molecule has 0 radical (unpaired) electrons. The van der Waals surface area contributed by atoms with E-state index in [0.717, 1.165) is 15.7 Å². The van der Waals surface area contributed by atoms with Gasteiger partial charge in [-0.15, -0.1) is 0 Å². The molecule has 0 atom stereocenters. The van der Waals surface area contributed by atoms with Crippen molar-refractivity contribution in [1.29, 1.82) is 0 Å². The fraction of sp³-hybridized carbons (Fsp3) is 0.125. The first kappa shape index (κ1) is 19.0. The highest BCUT2D eigenvalue weighted by Crippen LogP contribution is 2.38. The lowest BCUT2D eigenvalue weighted by atomic mass is 10.2. The maximum Gasteiger partial charge on any atom is 0.259 e. The van der Waals surface area contributed by atoms with Crippen molar-refractivity contribution in [2.75, 3.05) is 11.9 Å². The number of aromatic hydroxyl groups is 1. The Hall–Kier alpha value is -1.38. The quantitative estimate of drug-likeness (QED) is 0.401. The number of phenolic OH excluding ortho intramolecular Hbond substituents is 1. The van der Waals surface area contributed by atoms with Crippen molar-refractivity contribution in [2.24, 2.45) is 5.10 Å². The molecule has 0 aliphatic heterocycles. The summed E-state index contributed by atoms with van der Waals surface area (Å²) in [5, 5.41) is 16.8. The molecule has 3 N–H and O–H groups in total. The molecule has 0 saturated carbocycles. The largest absolute Gasteiger partial charge is 0.506 e. The second-order valence-electron chi connectivity index (χ2n) is 4.93. The van der Waals surface area contributed by atoms with E-state index >= 15 is 0 Å². The van der Waals surface area contributed by atoms with Crippen LogP contribution < -0.4 is 10.7 Å². The van der Waals surface area contributed by atoms with Crippen LogP contribution in [0.5, 0.6) is 5.75 Å². The van der Waals surface area contributed by atoms with E-state index in [1.807, 2.05) is 31.2 Å². The van der Waals surface area contributed by atoms with E-state index in [0.29, 0.717) is 14.5 Å². The molecule has 0 aromatic heterocycles. The molecule has 5 nitrogen and oxygen atoms in total. The van der Waals surface area contributed by atoms with Gasteiger partial charge in [0.15, 0.2) is 0 Å². The van der Waals surface area contributed by atoms with Gasteiger partial charge in [-0.2, -0.15) is 5.10 Å². The highest BCUT2D eigenvalue weighted by molar-refractivity contribution is 9.11. The van der Waals surface area contributed by atoms with Crippen molar-refractivity contribution in [3.8, 4) is 5.75 Å². The van der Waals surface area contributed by atoms with E-state index in [9.17, 15) is 9.90 Å². The van der Waals surface area contributed by atoms with Crippen LogP contribution in [0.2, 0.25) is 0 Å². The van der Waals surface area contributed by atoms with Crippen LogP contribution in [0.15, 0.2) is 48.9 Å². The molecule has 126 valence electrons. The monoisotopic (exact) mass is 517 g/mol. The van der Waals surface area contributed by atoms with Crippen molar-refractivity contribution in [3.05, 3.63) is 54.9 Å². The van der Waals surface area contributed by atoms with Crippen LogP contribution in [0.4, 0.5) is 5.69 Å². The van der Waals surface area contributed by atoms with Crippen molar-refractivity contribution >= 4 is 65.6 Å². The number of hydrazone groups is 1. The van der Waals surface area contributed by atoms with Gasteiger partial charge in [0.25, 0.3) is 5.91 Å². The van der Waals surface area contributed by atoms with Gasteiger partial charge in [0.2, 0.25) is 0 Å². The highest BCUT2D eigenvalue weighted by atomic mass is 79.9. The molecule has 2 rings (SSSR count). The van der Waals surface area contributed by atoms with Crippen molar-refractivity contribution in [3.63, 3.8) is 0 Å². The summed E-state index contributed by atoms with van der Waals surface area (Å²) in [7, 11) is 0. The molecule has 0 heterocycles. The molecule has 2 aromatic rings. The number of carbonyl (C=O) groups excluding carboxylic acids is 1. The number of phenols is 1. The molecular formula is C16H14Br3N3O2. The number of amides is 1. The van der Waals surface area contributed by atoms with E-state index in [1.165, 1.54) is 6.21 Å². The number of carbonyl (C=O) groups is 1. The number of hydrogen-bond donors (Lipinski definition) is 3. The molecule has 24 heavy (non-hydrogen) atoms. The number of anilines is 1. The number of halogens is 3. The molecule has 1 amide bonds. The van der Waals surface area contributed by atoms with E-state index in [4.69, 9.17) is 0 Å². The van der Waals surface area contributed by atoms with Gasteiger partial charge in [-0.3, -0.25) is 4.79 Å². The summed E-state index contributed by atoms with van der Waals surface area (Å²) in [6.45, 7) is 2.09. The second-order valence-corrected chi connectivity index (χ2v) is 7.43. The lowest BCUT2D eigenvalue weighted by molar-refractivity contribution is -0.119. The second kappa shape index (κ2) is 8.64. The first-order valence-corrected chi connectivity index (χ1v) is 9.25. The number of benzene rings is 2. The zero-order valence-corrected chi connectivity index (χ0v) is 17.4. The summed E-state index contributed by atoms with van der Waals surface area (Å²) in [5.41, 5.74) is 5.04. The fourth-order valence-corrected chi connectivity index (χ4v) is 4.18. The normalized spacial score (nSPS) is 10.8. The molecule has 8 heteroatoms. The Bertz CT molecular complexity index is 794. The third-order valence-electron chi connectivity index (χ3n) is 3.04. The summed E-state index contributed by atoms with van der Waals surface area (Å²) in [6, 6.07) is 9.45. The zero-order valence-electron chi connectivity index (χ0n) is 12.6. The summed E-state index contributed by atoms with van der Waals surface area (Å²) < 4.78 is 1.74. The third-order valence-corrected chi connectivity index (χ3v) is 5.10. The van der Waals surface area contributed by atoms with Gasteiger partial charge in [-0.1, -0.05) is 28.1 Å². The van der Waals surface area contributed by atoms with Gasteiger partial charge in [0, 0.05) is 15.7 Å². The number of nitrogens with zero attached hydrogens (tertiary/aromatic N) is 1. The molecular weight excluding hydrogens is 506 g/mol. The number of rotatable bonds is 5. The summed E-state index contributed by atoms with van der Waals surface area (Å²) >= 11 is 9.91. The summed E-state index contributed by atoms with van der Waals surface area (Å²) in [4.78, 5) is 11.8. The minimum Gasteiger partial charge on any atom is -0.506 e. The van der Waals surface area contributed by atoms with E-state index in [-0.39, 0.29) is 18.2 Å². The van der Waals surface area contributed by atoms with Crippen LogP contribution in [0.1, 0.15) is 11.1 Å². The average molecular weight is 520 g/mol. The van der Waals surface area contributed by atoms with Gasteiger partial charge in [-0.05, 0) is 62.5 Å². The van der Waals surface area contributed by atoms with Gasteiger partial charge in [0.1, 0.15) is 5.75 Å². The van der Waals surface area contributed by atoms with Crippen LogP contribution >= 0.6 is 47.8 Å². The van der Waals surface area contributed by atoms with Gasteiger partial charge < -0.3 is 10.4 Å². The zero-order chi connectivity index (χ0) is 17.7. The van der Waals surface area contributed by atoms with Crippen molar-refractivity contribution in [1.82, 2.24) is 5.43 Å². The highest BCUT2D eigenvalue weighted by Gasteiger charge is 2.12. The topological polar surface area (TPSA) is 73.7 Å². The Morgan fingerprint density at radius 3 is 2.71 bits per heavy atom. The average Bonchev–Trinajstić information content (AvgIpc) is 2.54. The molecule has 2 aromatic carbocycles. The van der Waals surface area contributed by atoms with Gasteiger partial charge >= 0.3 is 0 Å². The Kier molecular flexibility index (Phi) is 6.82. The summed E-state index contributed by atoms with van der Waals surface area (Å²) in [5.74, 6) is -0.214. The minimum atomic E-state index is -0.277. The number of nitrogens with one attached hydrogen (secondary N) is 2.